The van der Waals surface area contributed by atoms with Crippen molar-refractivity contribution in [3.8, 4) is 5.75 Å². The van der Waals surface area contributed by atoms with Gasteiger partial charge in [0.1, 0.15) is 24.2 Å². The molecule has 3 aromatic carbocycles. The number of amides is 2. The van der Waals surface area contributed by atoms with Gasteiger partial charge in [0.15, 0.2) is 0 Å². The van der Waals surface area contributed by atoms with Crippen LogP contribution in [0.5, 0.6) is 5.75 Å². The molecule has 3 aromatic rings. The molecule has 0 spiro atoms. The van der Waals surface area contributed by atoms with Crippen molar-refractivity contribution < 1.29 is 27.1 Å². The Morgan fingerprint density at radius 2 is 1.70 bits per heavy atom. The third kappa shape index (κ3) is 6.78. The lowest BCUT2D eigenvalue weighted by Gasteiger charge is -2.31. The molecule has 0 bridgehead atoms. The molecular weight excluding hydrogens is 521 g/mol. The summed E-state index contributed by atoms with van der Waals surface area (Å²) in [5.41, 5.74) is 0.740. The van der Waals surface area contributed by atoms with Gasteiger partial charge >= 0.3 is 0 Å². The summed E-state index contributed by atoms with van der Waals surface area (Å²) in [6.07, 6.45) is 0. The fraction of sp³-hybridized carbons (Fsp3) is 0.231. The highest BCUT2D eigenvalue weighted by molar-refractivity contribution is 7.92. The fourth-order valence-corrected chi connectivity index (χ4v) is 5.26. The minimum absolute atomic E-state index is 0.00776. The van der Waals surface area contributed by atoms with Gasteiger partial charge in [0.25, 0.3) is 10.0 Å². The lowest BCUT2D eigenvalue weighted by Crippen LogP contribution is -2.50. The summed E-state index contributed by atoms with van der Waals surface area (Å²) in [5.74, 6) is -1.18. The number of carbonyl (C=O) groups is 2. The number of rotatable bonds is 10. The molecule has 0 unspecified atom stereocenters. The second kappa shape index (κ2) is 12.1. The maximum atomic E-state index is 13.7. The zero-order valence-corrected chi connectivity index (χ0v) is 22.1. The fourth-order valence-electron chi connectivity index (χ4n) is 3.63. The van der Waals surface area contributed by atoms with Crippen molar-refractivity contribution in [1.82, 2.24) is 10.2 Å². The maximum Gasteiger partial charge on any atom is 0.264 e. The summed E-state index contributed by atoms with van der Waals surface area (Å²) in [4.78, 5) is 27.3. The molecule has 196 valence electrons. The smallest absolute Gasteiger partial charge is 0.264 e. The van der Waals surface area contributed by atoms with Gasteiger partial charge in [-0.15, -0.1) is 0 Å². The molecule has 0 aromatic heterocycles. The summed E-state index contributed by atoms with van der Waals surface area (Å²) in [6, 6.07) is 16.3. The molecule has 3 rings (SSSR count). The first kappa shape index (κ1) is 27.9. The van der Waals surface area contributed by atoms with Gasteiger partial charge in [-0.05, 0) is 73.2 Å². The SMILES string of the molecule is CNC(=O)[C@H](C)N(Cc1cccc(Cl)c1)C(=O)CN(c1ccc(F)cc1)S(=O)(=O)c1ccc(OC)cc1. The molecule has 37 heavy (non-hydrogen) atoms. The number of hydrogen-bond acceptors (Lipinski definition) is 5. The normalized spacial score (nSPS) is 11.9. The van der Waals surface area contributed by atoms with Crippen molar-refractivity contribution in [1.29, 1.82) is 0 Å². The highest BCUT2D eigenvalue weighted by atomic mass is 35.5. The number of methoxy groups -OCH3 is 1. The molecule has 0 saturated heterocycles. The van der Waals surface area contributed by atoms with E-state index < -0.39 is 40.2 Å². The number of nitrogens with zero attached hydrogens (tertiary/aromatic N) is 2. The molecule has 0 aliphatic carbocycles. The highest BCUT2D eigenvalue weighted by Crippen LogP contribution is 2.26. The number of nitrogens with one attached hydrogen (secondary N) is 1. The number of carbonyl (C=O) groups excluding carboxylic acids is 2. The Kier molecular flexibility index (Phi) is 9.12. The average molecular weight is 548 g/mol. The standard InChI is InChI=1S/C26H27ClFN3O5S/c1-18(26(33)29-2)30(16-19-5-4-6-20(27)15-19)25(32)17-31(22-9-7-21(28)8-10-22)37(34,35)24-13-11-23(36-3)12-14-24/h4-15,18H,16-17H2,1-3H3,(H,29,33)/t18-/m0/s1. The van der Waals surface area contributed by atoms with Crippen LogP contribution in [-0.2, 0) is 26.2 Å². The van der Waals surface area contributed by atoms with Crippen molar-refractivity contribution in [2.24, 2.45) is 0 Å². The number of halogens is 2. The molecule has 0 aliphatic heterocycles. The molecule has 11 heteroatoms. The van der Waals surface area contributed by atoms with Crippen LogP contribution in [0.2, 0.25) is 5.02 Å². The summed E-state index contributed by atoms with van der Waals surface area (Å²) < 4.78 is 47.0. The zero-order valence-electron chi connectivity index (χ0n) is 20.5. The van der Waals surface area contributed by atoms with Crippen LogP contribution >= 0.6 is 11.6 Å². The molecule has 0 saturated carbocycles. The zero-order chi connectivity index (χ0) is 27.2. The van der Waals surface area contributed by atoms with E-state index in [0.717, 1.165) is 16.4 Å². The monoisotopic (exact) mass is 547 g/mol. The van der Waals surface area contributed by atoms with Crippen molar-refractivity contribution in [3.63, 3.8) is 0 Å². The third-order valence-corrected chi connectivity index (χ3v) is 7.72. The second-order valence-corrected chi connectivity index (χ2v) is 10.4. The van der Waals surface area contributed by atoms with E-state index in [4.69, 9.17) is 16.3 Å². The van der Waals surface area contributed by atoms with Crippen molar-refractivity contribution >= 4 is 39.1 Å². The van der Waals surface area contributed by atoms with Gasteiger partial charge < -0.3 is 15.0 Å². The van der Waals surface area contributed by atoms with Crippen molar-refractivity contribution in [3.05, 3.63) is 89.2 Å². The number of benzene rings is 3. The number of sulfonamides is 1. The van der Waals surface area contributed by atoms with Gasteiger partial charge in [-0.1, -0.05) is 23.7 Å². The first-order valence-corrected chi connectivity index (χ1v) is 13.1. The van der Waals surface area contributed by atoms with E-state index in [9.17, 15) is 22.4 Å². The van der Waals surface area contributed by atoms with Gasteiger partial charge in [-0.2, -0.15) is 0 Å². The topological polar surface area (TPSA) is 96.0 Å². The van der Waals surface area contributed by atoms with Crippen molar-refractivity contribution in [2.45, 2.75) is 24.4 Å². The highest BCUT2D eigenvalue weighted by Gasteiger charge is 2.32. The quantitative estimate of drug-likeness (QED) is 0.416. The second-order valence-electron chi connectivity index (χ2n) is 8.11. The van der Waals surface area contributed by atoms with Gasteiger partial charge in [0.05, 0.1) is 17.7 Å². The Hall–Kier alpha value is -3.63. The van der Waals surface area contributed by atoms with E-state index in [1.807, 2.05) is 0 Å². The summed E-state index contributed by atoms with van der Waals surface area (Å²) in [7, 11) is -1.37. The van der Waals surface area contributed by atoms with E-state index in [-0.39, 0.29) is 17.1 Å². The Labute approximate surface area is 220 Å². The van der Waals surface area contributed by atoms with Crippen LogP contribution in [0.4, 0.5) is 10.1 Å². The van der Waals surface area contributed by atoms with E-state index in [1.165, 1.54) is 55.5 Å². The van der Waals surface area contributed by atoms with Gasteiger partial charge in [0, 0.05) is 18.6 Å². The van der Waals surface area contributed by atoms with Crippen LogP contribution in [0.15, 0.2) is 77.7 Å². The van der Waals surface area contributed by atoms with E-state index >= 15 is 0 Å². The molecule has 0 aliphatic rings. The lowest BCUT2D eigenvalue weighted by atomic mass is 10.1. The maximum absolute atomic E-state index is 13.7. The molecule has 0 radical (unpaired) electrons. The molecule has 2 amide bonds. The average Bonchev–Trinajstić information content (AvgIpc) is 2.90. The van der Waals surface area contributed by atoms with Crippen LogP contribution < -0.4 is 14.4 Å². The van der Waals surface area contributed by atoms with E-state index in [0.29, 0.717) is 16.3 Å². The number of ether oxygens (including phenoxy) is 1. The van der Waals surface area contributed by atoms with Gasteiger partial charge in [-0.25, -0.2) is 12.8 Å². The predicted molar refractivity (Wildman–Crippen MR) is 139 cm³/mol. The lowest BCUT2D eigenvalue weighted by molar-refractivity contribution is -0.139. The van der Waals surface area contributed by atoms with E-state index in [1.54, 1.807) is 31.2 Å². The Morgan fingerprint density at radius 1 is 1.05 bits per heavy atom. The number of hydrogen-bond donors (Lipinski definition) is 1. The van der Waals surface area contributed by atoms with Gasteiger partial charge in [0.2, 0.25) is 11.8 Å². The first-order chi connectivity index (χ1) is 17.6. The molecule has 1 N–H and O–H groups in total. The van der Waals surface area contributed by atoms with E-state index in [2.05, 4.69) is 5.32 Å². The van der Waals surface area contributed by atoms with Crippen LogP contribution in [0.1, 0.15) is 12.5 Å². The molecule has 0 fully saturated rings. The largest absolute Gasteiger partial charge is 0.497 e. The number of anilines is 1. The molecule has 0 heterocycles. The first-order valence-electron chi connectivity index (χ1n) is 11.2. The van der Waals surface area contributed by atoms with Crippen LogP contribution in [0, 0.1) is 5.82 Å². The summed E-state index contributed by atoms with van der Waals surface area (Å²) >= 11 is 6.09. The number of likely N-dealkylation sites (N-methyl/N-ethyl adjacent to an activating group) is 1. The van der Waals surface area contributed by atoms with Crippen LogP contribution in [0.3, 0.4) is 0 Å². The minimum atomic E-state index is -4.27. The Bertz CT molecular complexity index is 1350. The Morgan fingerprint density at radius 3 is 2.27 bits per heavy atom. The van der Waals surface area contributed by atoms with Crippen molar-refractivity contribution in [2.75, 3.05) is 25.0 Å². The van der Waals surface area contributed by atoms with Gasteiger partial charge in [-0.3, -0.25) is 13.9 Å². The summed E-state index contributed by atoms with van der Waals surface area (Å²) in [5, 5.41) is 2.96. The Balaban J connectivity index is 2.02. The summed E-state index contributed by atoms with van der Waals surface area (Å²) in [6.45, 7) is 0.914. The molecular formula is C26H27ClFN3O5S. The third-order valence-electron chi connectivity index (χ3n) is 5.70. The minimum Gasteiger partial charge on any atom is -0.497 e. The molecule has 1 atom stereocenters. The molecule has 8 nitrogen and oxygen atoms in total. The van der Waals surface area contributed by atoms with Crippen LogP contribution in [-0.4, -0.2) is 51.9 Å². The predicted octanol–water partition coefficient (Wildman–Crippen LogP) is 3.85. The van der Waals surface area contributed by atoms with Crippen LogP contribution in [0.25, 0.3) is 0 Å².